The minimum Gasteiger partial charge on any atom is -0.340 e. The monoisotopic (exact) mass is 182 g/mol. The van der Waals surface area contributed by atoms with Gasteiger partial charge in [-0.3, -0.25) is 4.79 Å². The molecule has 3 nitrogen and oxygen atoms in total. The summed E-state index contributed by atoms with van der Waals surface area (Å²) in [5, 5.41) is 8.71. The number of nitriles is 1. The predicted molar refractivity (Wildman–Crippen MR) is 51.9 cm³/mol. The van der Waals surface area contributed by atoms with E-state index in [1.165, 1.54) is 0 Å². The average Bonchev–Trinajstić information content (AvgIpc) is 2.03. The minimum absolute atomic E-state index is 0.0856. The van der Waals surface area contributed by atoms with Gasteiger partial charge < -0.3 is 4.90 Å². The quantitative estimate of drug-likeness (QED) is 0.653. The minimum atomic E-state index is -0.496. The van der Waals surface area contributed by atoms with Gasteiger partial charge in [-0.05, 0) is 27.2 Å². The molecule has 13 heavy (non-hydrogen) atoms. The van der Waals surface area contributed by atoms with E-state index in [9.17, 15) is 4.79 Å². The Balaban J connectivity index is 4.53. The van der Waals surface area contributed by atoms with Gasteiger partial charge in [0.15, 0.2) is 0 Å². The van der Waals surface area contributed by atoms with Crippen molar-refractivity contribution in [2.45, 2.75) is 39.7 Å². The molecule has 74 valence electrons. The van der Waals surface area contributed by atoms with Crippen LogP contribution in [-0.4, -0.2) is 23.4 Å². The molecule has 0 fully saturated rings. The molecule has 0 radical (unpaired) electrons. The number of carbonyl (C=O) groups excluding carboxylic acids is 1. The summed E-state index contributed by atoms with van der Waals surface area (Å²) in [5.74, 6) is -0.582. The molecule has 0 aliphatic carbocycles. The fraction of sp³-hybridized carbons (Fsp3) is 0.800. The van der Waals surface area contributed by atoms with Crippen LogP contribution in [0.15, 0.2) is 0 Å². The Morgan fingerprint density at radius 2 is 2.00 bits per heavy atom. The van der Waals surface area contributed by atoms with E-state index in [0.717, 1.165) is 0 Å². The Labute approximate surface area is 80.3 Å². The van der Waals surface area contributed by atoms with E-state index >= 15 is 0 Å². The van der Waals surface area contributed by atoms with Crippen molar-refractivity contribution in [1.82, 2.24) is 4.90 Å². The molecule has 3 heteroatoms. The van der Waals surface area contributed by atoms with Crippen molar-refractivity contribution < 1.29 is 4.79 Å². The Kier molecular flexibility index (Phi) is 3.93. The molecule has 1 amide bonds. The van der Waals surface area contributed by atoms with Crippen LogP contribution in [0.5, 0.6) is 0 Å². The van der Waals surface area contributed by atoms with E-state index < -0.39 is 5.92 Å². The zero-order valence-electron chi connectivity index (χ0n) is 9.09. The summed E-state index contributed by atoms with van der Waals surface area (Å²) in [6, 6.07) is 2.01. The molecule has 0 aromatic heterocycles. The van der Waals surface area contributed by atoms with Crippen LogP contribution in [0.2, 0.25) is 0 Å². The molecule has 0 N–H and O–H groups in total. The van der Waals surface area contributed by atoms with Gasteiger partial charge >= 0.3 is 0 Å². The highest BCUT2D eigenvalue weighted by molar-refractivity contribution is 5.81. The van der Waals surface area contributed by atoms with Crippen LogP contribution in [0.3, 0.4) is 0 Å². The molecule has 0 heterocycles. The number of carbonyl (C=O) groups is 1. The van der Waals surface area contributed by atoms with Crippen molar-refractivity contribution in [1.29, 1.82) is 5.26 Å². The Morgan fingerprint density at radius 1 is 1.54 bits per heavy atom. The van der Waals surface area contributed by atoms with Gasteiger partial charge in [-0.25, -0.2) is 0 Å². The van der Waals surface area contributed by atoms with Crippen LogP contribution in [0.4, 0.5) is 0 Å². The van der Waals surface area contributed by atoms with Crippen LogP contribution in [0.25, 0.3) is 0 Å². The molecule has 0 bridgehead atoms. The molecule has 0 aromatic carbocycles. The third-order valence-corrected chi connectivity index (χ3v) is 2.20. The molecule has 0 saturated carbocycles. The maximum atomic E-state index is 11.7. The highest BCUT2D eigenvalue weighted by atomic mass is 16.2. The fourth-order valence-electron chi connectivity index (χ4n) is 0.885. The summed E-state index contributed by atoms with van der Waals surface area (Å²) in [4.78, 5) is 13.3. The molecular formula is C10H18N2O. The second-order valence-electron chi connectivity index (χ2n) is 4.16. The normalized spacial score (nSPS) is 13.2. The van der Waals surface area contributed by atoms with E-state index in [2.05, 4.69) is 0 Å². The second-order valence-corrected chi connectivity index (χ2v) is 4.16. The zero-order valence-corrected chi connectivity index (χ0v) is 9.09. The topological polar surface area (TPSA) is 44.1 Å². The number of hydrogen-bond acceptors (Lipinski definition) is 2. The standard InChI is InChI=1S/C10H18N2O/c1-6-8(7-11)9(13)12(5)10(2,3)4/h8H,6H2,1-5H3. The Morgan fingerprint density at radius 3 is 2.23 bits per heavy atom. The van der Waals surface area contributed by atoms with Crippen LogP contribution >= 0.6 is 0 Å². The molecule has 0 rings (SSSR count). The number of nitrogens with zero attached hydrogens (tertiary/aromatic N) is 2. The lowest BCUT2D eigenvalue weighted by molar-refractivity contribution is -0.136. The highest BCUT2D eigenvalue weighted by Gasteiger charge is 2.27. The fourth-order valence-corrected chi connectivity index (χ4v) is 0.885. The molecule has 1 atom stereocenters. The molecule has 1 unspecified atom stereocenters. The third kappa shape index (κ3) is 3.06. The second kappa shape index (κ2) is 4.27. The first kappa shape index (κ1) is 12.0. The largest absolute Gasteiger partial charge is 0.340 e. The van der Waals surface area contributed by atoms with Crippen LogP contribution in [0, 0.1) is 17.2 Å². The van der Waals surface area contributed by atoms with Gasteiger partial charge in [-0.15, -0.1) is 0 Å². The zero-order chi connectivity index (χ0) is 10.6. The molecule has 0 aromatic rings. The molecule has 0 spiro atoms. The smallest absolute Gasteiger partial charge is 0.240 e. The number of hydrogen-bond donors (Lipinski definition) is 0. The number of amides is 1. The first-order valence-electron chi connectivity index (χ1n) is 4.51. The lowest BCUT2D eigenvalue weighted by Crippen LogP contribution is -2.45. The highest BCUT2D eigenvalue weighted by Crippen LogP contribution is 2.15. The first-order chi connectivity index (χ1) is 5.84. The van der Waals surface area contributed by atoms with E-state index in [1.54, 1.807) is 11.9 Å². The van der Waals surface area contributed by atoms with Crippen molar-refractivity contribution in [3.8, 4) is 6.07 Å². The molecule has 0 aliphatic rings. The van der Waals surface area contributed by atoms with Gasteiger partial charge in [-0.2, -0.15) is 5.26 Å². The average molecular weight is 182 g/mol. The third-order valence-electron chi connectivity index (χ3n) is 2.20. The lowest BCUT2D eigenvalue weighted by atomic mass is 10.0. The van der Waals surface area contributed by atoms with Crippen molar-refractivity contribution >= 4 is 5.91 Å². The molecule has 0 aliphatic heterocycles. The number of rotatable bonds is 2. The van der Waals surface area contributed by atoms with Crippen molar-refractivity contribution in [2.75, 3.05) is 7.05 Å². The molecule has 0 saturated heterocycles. The molecular weight excluding hydrogens is 164 g/mol. The maximum Gasteiger partial charge on any atom is 0.240 e. The van der Waals surface area contributed by atoms with Crippen LogP contribution in [0.1, 0.15) is 34.1 Å². The maximum absolute atomic E-state index is 11.7. The first-order valence-corrected chi connectivity index (χ1v) is 4.51. The van der Waals surface area contributed by atoms with Crippen molar-refractivity contribution in [3.05, 3.63) is 0 Å². The van der Waals surface area contributed by atoms with Gasteiger partial charge in [0.1, 0.15) is 5.92 Å². The van der Waals surface area contributed by atoms with E-state index in [1.807, 2.05) is 33.8 Å². The van der Waals surface area contributed by atoms with E-state index in [0.29, 0.717) is 6.42 Å². The van der Waals surface area contributed by atoms with Gasteiger partial charge in [0.25, 0.3) is 0 Å². The van der Waals surface area contributed by atoms with Crippen LogP contribution in [-0.2, 0) is 4.79 Å². The lowest BCUT2D eigenvalue weighted by Gasteiger charge is -2.33. The van der Waals surface area contributed by atoms with E-state index in [-0.39, 0.29) is 11.4 Å². The van der Waals surface area contributed by atoms with Gasteiger partial charge in [-0.1, -0.05) is 6.92 Å². The predicted octanol–water partition coefficient (Wildman–Crippen LogP) is 1.79. The Bertz CT molecular complexity index is 222. The SMILES string of the molecule is CCC(C#N)C(=O)N(C)C(C)(C)C. The van der Waals surface area contributed by atoms with Crippen molar-refractivity contribution in [3.63, 3.8) is 0 Å². The van der Waals surface area contributed by atoms with Gasteiger partial charge in [0.2, 0.25) is 5.91 Å². The Hall–Kier alpha value is -1.04. The summed E-state index contributed by atoms with van der Waals surface area (Å²) in [7, 11) is 1.74. The summed E-state index contributed by atoms with van der Waals surface area (Å²) >= 11 is 0. The van der Waals surface area contributed by atoms with Crippen molar-refractivity contribution in [2.24, 2.45) is 5.92 Å². The van der Waals surface area contributed by atoms with E-state index in [4.69, 9.17) is 5.26 Å². The summed E-state index contributed by atoms with van der Waals surface area (Å²) < 4.78 is 0. The van der Waals surface area contributed by atoms with Gasteiger partial charge in [0, 0.05) is 12.6 Å². The summed E-state index contributed by atoms with van der Waals surface area (Å²) in [5.41, 5.74) is -0.207. The summed E-state index contributed by atoms with van der Waals surface area (Å²) in [6.45, 7) is 7.71. The van der Waals surface area contributed by atoms with Crippen LogP contribution < -0.4 is 0 Å². The summed E-state index contributed by atoms with van der Waals surface area (Å²) in [6.07, 6.45) is 0.579. The van der Waals surface area contributed by atoms with Gasteiger partial charge in [0.05, 0.1) is 6.07 Å².